The Labute approximate surface area is 148 Å². The fourth-order valence-electron chi connectivity index (χ4n) is 2.27. The van der Waals surface area contributed by atoms with Crippen molar-refractivity contribution >= 4 is 23.2 Å². The average molecular weight is 325 g/mol. The van der Waals surface area contributed by atoms with Crippen LogP contribution in [0.1, 0.15) is 5.56 Å². The van der Waals surface area contributed by atoms with Crippen molar-refractivity contribution in [1.82, 2.24) is 4.98 Å². The molecule has 0 bridgehead atoms. The fourth-order valence-corrected chi connectivity index (χ4v) is 2.27. The van der Waals surface area contributed by atoms with Gasteiger partial charge in [-0.1, -0.05) is 36.4 Å². The smallest absolute Gasteiger partial charge is 0.0629 e. The number of aromatic nitrogens is 1. The first-order valence-electron chi connectivity index (χ1n) is 8.10. The number of allylic oxidation sites excluding steroid dienone is 3. The molecule has 3 rings (SSSR count). The largest absolute Gasteiger partial charge is 0.362 e. The Morgan fingerprint density at radius 3 is 2.24 bits per heavy atom. The molecule has 0 saturated carbocycles. The molecule has 1 heterocycles. The molecule has 0 unspecified atom stereocenters. The summed E-state index contributed by atoms with van der Waals surface area (Å²) in [4.78, 5) is 8.55. The first-order valence-corrected chi connectivity index (χ1v) is 8.10. The van der Waals surface area contributed by atoms with Crippen LogP contribution in [0, 0.1) is 0 Å². The molecule has 0 fully saturated rings. The molecular formula is C22H19N3. The molecule has 0 radical (unpaired) electrons. The highest BCUT2D eigenvalue weighted by atomic mass is 14.8. The van der Waals surface area contributed by atoms with E-state index in [9.17, 15) is 0 Å². The van der Waals surface area contributed by atoms with Gasteiger partial charge in [0.15, 0.2) is 0 Å². The zero-order valence-corrected chi connectivity index (χ0v) is 13.8. The second-order valence-corrected chi connectivity index (χ2v) is 5.32. The fraction of sp³-hybridized carbons (Fsp3) is 0. The summed E-state index contributed by atoms with van der Waals surface area (Å²) in [7, 11) is 0. The topological polar surface area (TPSA) is 37.3 Å². The molecule has 3 heteroatoms. The van der Waals surface area contributed by atoms with E-state index in [-0.39, 0.29) is 0 Å². The number of anilines is 1. The highest BCUT2D eigenvalue weighted by molar-refractivity contribution is 5.89. The second kappa shape index (κ2) is 8.99. The maximum Gasteiger partial charge on any atom is 0.0629 e. The van der Waals surface area contributed by atoms with Crippen molar-refractivity contribution < 1.29 is 0 Å². The van der Waals surface area contributed by atoms with Crippen LogP contribution in [0.4, 0.5) is 11.4 Å². The molecule has 0 aliphatic heterocycles. The van der Waals surface area contributed by atoms with E-state index in [1.807, 2.05) is 97.4 Å². The highest BCUT2D eigenvalue weighted by Gasteiger charge is 1.96. The number of nitrogens with zero attached hydrogens (tertiary/aromatic N) is 2. The Hall–Kier alpha value is -3.46. The van der Waals surface area contributed by atoms with Gasteiger partial charge in [0.1, 0.15) is 0 Å². The number of pyridine rings is 1. The molecule has 1 aromatic heterocycles. The molecule has 0 spiro atoms. The summed E-state index contributed by atoms with van der Waals surface area (Å²) in [5, 5.41) is 3.27. The van der Waals surface area contributed by atoms with Gasteiger partial charge in [-0.25, -0.2) is 0 Å². The van der Waals surface area contributed by atoms with E-state index in [1.165, 1.54) is 0 Å². The molecule has 1 N–H and O–H groups in total. The number of aliphatic imine (C=N–C) groups is 1. The molecule has 2 aromatic carbocycles. The number of hydrogen-bond acceptors (Lipinski definition) is 3. The van der Waals surface area contributed by atoms with Gasteiger partial charge in [-0.15, -0.1) is 0 Å². The summed E-state index contributed by atoms with van der Waals surface area (Å²) in [6, 6.07) is 23.9. The summed E-state index contributed by atoms with van der Waals surface area (Å²) < 4.78 is 0. The van der Waals surface area contributed by atoms with E-state index in [2.05, 4.69) is 15.3 Å². The van der Waals surface area contributed by atoms with Crippen LogP contribution in [0.3, 0.4) is 0 Å². The Kier molecular flexibility index (Phi) is 5.90. The van der Waals surface area contributed by atoms with E-state index in [0.29, 0.717) is 0 Å². The third-order valence-electron chi connectivity index (χ3n) is 3.53. The normalized spacial score (nSPS) is 11.9. The molecule has 0 aliphatic rings. The summed E-state index contributed by atoms with van der Waals surface area (Å²) in [5.74, 6) is 0. The predicted octanol–water partition coefficient (Wildman–Crippen LogP) is 5.49. The molecule has 0 aliphatic carbocycles. The zero-order valence-electron chi connectivity index (χ0n) is 13.8. The van der Waals surface area contributed by atoms with Gasteiger partial charge < -0.3 is 5.32 Å². The minimum absolute atomic E-state index is 0.930. The minimum Gasteiger partial charge on any atom is -0.362 e. The van der Waals surface area contributed by atoms with Crippen molar-refractivity contribution in [3.8, 4) is 0 Å². The first-order chi connectivity index (χ1) is 12.4. The third kappa shape index (κ3) is 5.29. The molecule has 25 heavy (non-hydrogen) atoms. The summed E-state index contributed by atoms with van der Waals surface area (Å²) in [5.41, 5.74) is 4.11. The number of para-hydroxylation sites is 2. The Morgan fingerprint density at radius 1 is 0.840 bits per heavy atom. The van der Waals surface area contributed by atoms with Crippen molar-refractivity contribution in [1.29, 1.82) is 0 Å². The molecule has 0 atom stereocenters. The monoisotopic (exact) mass is 325 g/mol. The van der Waals surface area contributed by atoms with E-state index < -0.39 is 0 Å². The first kappa shape index (κ1) is 16.4. The van der Waals surface area contributed by atoms with Gasteiger partial charge in [-0.05, 0) is 59.7 Å². The number of benzene rings is 2. The molecule has 3 aromatic rings. The van der Waals surface area contributed by atoms with Gasteiger partial charge in [0, 0.05) is 30.5 Å². The van der Waals surface area contributed by atoms with Crippen molar-refractivity contribution in [3.63, 3.8) is 0 Å². The number of hydrogen-bond donors (Lipinski definition) is 1. The van der Waals surface area contributed by atoms with Crippen molar-refractivity contribution in [2.24, 2.45) is 4.99 Å². The van der Waals surface area contributed by atoms with Crippen LogP contribution in [0.15, 0.2) is 109 Å². The predicted molar refractivity (Wildman–Crippen MR) is 106 cm³/mol. The van der Waals surface area contributed by atoms with Crippen LogP contribution in [0.2, 0.25) is 0 Å². The maximum atomic E-state index is 4.47. The van der Waals surface area contributed by atoms with Gasteiger partial charge in [0.05, 0.1) is 5.69 Å². The molecule has 3 nitrogen and oxygen atoms in total. The van der Waals surface area contributed by atoms with Crippen LogP contribution in [0.25, 0.3) is 5.57 Å². The SMILES string of the molecule is C(/C=N/c1ccccc1)=C(\C=C\Nc1ccccc1)c1ccncc1. The van der Waals surface area contributed by atoms with E-state index in [0.717, 1.165) is 22.5 Å². The quantitative estimate of drug-likeness (QED) is 0.480. The van der Waals surface area contributed by atoms with E-state index >= 15 is 0 Å². The van der Waals surface area contributed by atoms with E-state index in [4.69, 9.17) is 0 Å². The van der Waals surface area contributed by atoms with Gasteiger partial charge in [-0.2, -0.15) is 0 Å². The van der Waals surface area contributed by atoms with Crippen molar-refractivity contribution in [2.75, 3.05) is 5.32 Å². The van der Waals surface area contributed by atoms with Crippen LogP contribution >= 0.6 is 0 Å². The van der Waals surface area contributed by atoms with Gasteiger partial charge >= 0.3 is 0 Å². The summed E-state index contributed by atoms with van der Waals surface area (Å²) >= 11 is 0. The van der Waals surface area contributed by atoms with Gasteiger partial charge in [-0.3, -0.25) is 9.98 Å². The van der Waals surface area contributed by atoms with Gasteiger partial charge in [0.2, 0.25) is 0 Å². The lowest BCUT2D eigenvalue weighted by molar-refractivity contribution is 1.32. The lowest BCUT2D eigenvalue weighted by atomic mass is 10.1. The third-order valence-corrected chi connectivity index (χ3v) is 3.53. The molecule has 0 saturated heterocycles. The summed E-state index contributed by atoms with van der Waals surface area (Å²) in [6.07, 6.45) is 11.3. The standard InChI is InChI=1S/C22H19N3/c1-3-7-21(8-4-1)24-17-13-20(19-11-15-23-16-12-19)14-18-25-22-9-5-2-6-10-22/h1-18,24H/b17-13+,20-14-,25-18+. The minimum atomic E-state index is 0.930. The van der Waals surface area contributed by atoms with Crippen LogP contribution in [0.5, 0.6) is 0 Å². The average Bonchev–Trinajstić information content (AvgIpc) is 2.69. The van der Waals surface area contributed by atoms with Crippen LogP contribution in [-0.4, -0.2) is 11.2 Å². The molecule has 122 valence electrons. The lowest BCUT2D eigenvalue weighted by Crippen LogP contribution is -1.88. The van der Waals surface area contributed by atoms with Gasteiger partial charge in [0.25, 0.3) is 0 Å². The zero-order chi connectivity index (χ0) is 17.2. The Morgan fingerprint density at radius 2 is 1.52 bits per heavy atom. The van der Waals surface area contributed by atoms with Crippen molar-refractivity contribution in [3.05, 3.63) is 109 Å². The highest BCUT2D eigenvalue weighted by Crippen LogP contribution is 2.16. The maximum absolute atomic E-state index is 4.47. The van der Waals surface area contributed by atoms with E-state index in [1.54, 1.807) is 12.4 Å². The summed E-state index contributed by atoms with van der Waals surface area (Å²) in [6.45, 7) is 0. The van der Waals surface area contributed by atoms with Crippen LogP contribution in [-0.2, 0) is 0 Å². The lowest BCUT2D eigenvalue weighted by Gasteiger charge is -2.03. The molecule has 0 amide bonds. The second-order valence-electron chi connectivity index (χ2n) is 5.32. The Balaban J connectivity index is 1.78. The Bertz CT molecular complexity index is 852. The number of rotatable bonds is 6. The molecular weight excluding hydrogens is 306 g/mol. The van der Waals surface area contributed by atoms with Crippen molar-refractivity contribution in [2.45, 2.75) is 0 Å². The van der Waals surface area contributed by atoms with Crippen LogP contribution < -0.4 is 5.32 Å². The number of nitrogens with one attached hydrogen (secondary N) is 1.